The topological polar surface area (TPSA) is 42.9 Å². The second-order valence-corrected chi connectivity index (χ2v) is 5.35. The van der Waals surface area contributed by atoms with Crippen molar-refractivity contribution in [3.63, 3.8) is 0 Å². The van der Waals surface area contributed by atoms with Crippen molar-refractivity contribution in [2.45, 2.75) is 19.8 Å². The van der Waals surface area contributed by atoms with Crippen molar-refractivity contribution in [1.29, 1.82) is 0 Å². The molecule has 0 N–H and O–H groups in total. The van der Waals surface area contributed by atoms with Gasteiger partial charge in [0.15, 0.2) is 0 Å². The molecule has 0 bridgehead atoms. The minimum Gasteiger partial charge on any atom is -0.288 e. The first-order valence-corrected chi connectivity index (χ1v) is 6.97. The number of hydrogen-bond acceptors (Lipinski definition) is 4. The number of ketones is 1. The molecule has 0 atom stereocenters. The third-order valence-corrected chi connectivity index (χ3v) is 3.75. The molecule has 0 aliphatic rings. The molecule has 3 nitrogen and oxygen atoms in total. The lowest BCUT2D eigenvalue weighted by Gasteiger charge is -2.03. The summed E-state index contributed by atoms with van der Waals surface area (Å²) in [7, 11) is 0. The molecule has 0 fully saturated rings. The lowest BCUT2D eigenvalue weighted by molar-refractivity contribution is 0.104. The highest BCUT2D eigenvalue weighted by Gasteiger charge is 2.20. The van der Waals surface area contributed by atoms with Crippen LogP contribution in [0.5, 0.6) is 0 Å². The average Bonchev–Trinajstić information content (AvgIpc) is 2.80. The van der Waals surface area contributed by atoms with Gasteiger partial charge in [0.05, 0.1) is 10.7 Å². The lowest BCUT2D eigenvalue weighted by Crippen LogP contribution is -2.03. The van der Waals surface area contributed by atoms with Gasteiger partial charge in [0.25, 0.3) is 0 Å². The standard InChI is InChI=1S/C12H10Cl2N2OS/c1-2-3-10-12(18-16-15-10)11(17)8-6-7(13)4-5-9(8)14/h4-6H,2-3H2,1H3. The minimum atomic E-state index is -0.166. The quantitative estimate of drug-likeness (QED) is 0.801. The molecular formula is C12H10Cl2N2OS. The van der Waals surface area contributed by atoms with Crippen molar-refractivity contribution in [1.82, 2.24) is 9.59 Å². The highest BCUT2D eigenvalue weighted by atomic mass is 35.5. The Morgan fingerprint density at radius 3 is 2.89 bits per heavy atom. The first kappa shape index (κ1) is 13.5. The maximum Gasteiger partial charge on any atom is 0.208 e. The van der Waals surface area contributed by atoms with E-state index < -0.39 is 0 Å². The molecule has 0 radical (unpaired) electrons. The predicted molar refractivity (Wildman–Crippen MR) is 73.8 cm³/mol. The smallest absolute Gasteiger partial charge is 0.208 e. The second-order valence-electron chi connectivity index (χ2n) is 3.75. The summed E-state index contributed by atoms with van der Waals surface area (Å²) in [5.41, 5.74) is 1.12. The maximum absolute atomic E-state index is 12.4. The number of rotatable bonds is 4. The monoisotopic (exact) mass is 300 g/mol. The van der Waals surface area contributed by atoms with Gasteiger partial charge in [-0.25, -0.2) is 0 Å². The molecule has 0 unspecified atom stereocenters. The lowest BCUT2D eigenvalue weighted by atomic mass is 10.1. The fraction of sp³-hybridized carbons (Fsp3) is 0.250. The molecule has 1 aromatic carbocycles. The van der Waals surface area contributed by atoms with E-state index in [-0.39, 0.29) is 5.78 Å². The van der Waals surface area contributed by atoms with Gasteiger partial charge in [-0.15, -0.1) is 5.10 Å². The van der Waals surface area contributed by atoms with Gasteiger partial charge in [0.2, 0.25) is 5.78 Å². The Morgan fingerprint density at radius 1 is 1.39 bits per heavy atom. The number of halogens is 2. The van der Waals surface area contributed by atoms with Crippen LogP contribution in [-0.4, -0.2) is 15.4 Å². The van der Waals surface area contributed by atoms with Crippen LogP contribution >= 0.6 is 34.7 Å². The summed E-state index contributed by atoms with van der Waals surface area (Å²) < 4.78 is 3.83. The van der Waals surface area contributed by atoms with Crippen molar-refractivity contribution in [2.75, 3.05) is 0 Å². The van der Waals surface area contributed by atoms with E-state index in [0.29, 0.717) is 20.5 Å². The van der Waals surface area contributed by atoms with E-state index in [0.717, 1.165) is 30.1 Å². The van der Waals surface area contributed by atoms with E-state index in [2.05, 4.69) is 9.59 Å². The van der Waals surface area contributed by atoms with Gasteiger partial charge in [-0.1, -0.05) is 41.0 Å². The van der Waals surface area contributed by atoms with Gasteiger partial charge in [0, 0.05) is 10.6 Å². The Morgan fingerprint density at radius 2 is 2.17 bits per heavy atom. The molecule has 0 saturated heterocycles. The molecule has 6 heteroatoms. The maximum atomic E-state index is 12.4. The Bertz CT molecular complexity index is 583. The molecule has 0 aliphatic heterocycles. The largest absolute Gasteiger partial charge is 0.288 e. The SMILES string of the molecule is CCCc1nnsc1C(=O)c1cc(Cl)ccc1Cl. The van der Waals surface area contributed by atoms with Crippen LogP contribution in [0.4, 0.5) is 0 Å². The number of aromatic nitrogens is 2. The molecule has 2 rings (SSSR count). The Balaban J connectivity index is 2.41. The van der Waals surface area contributed by atoms with Crippen LogP contribution in [0.1, 0.15) is 34.3 Å². The summed E-state index contributed by atoms with van der Waals surface area (Å²) in [4.78, 5) is 12.9. The second kappa shape index (κ2) is 5.78. The van der Waals surface area contributed by atoms with Gasteiger partial charge in [-0.2, -0.15) is 0 Å². The van der Waals surface area contributed by atoms with Crippen LogP contribution in [0, 0.1) is 0 Å². The molecular weight excluding hydrogens is 291 g/mol. The van der Waals surface area contributed by atoms with E-state index in [1.165, 1.54) is 0 Å². The number of benzene rings is 1. The van der Waals surface area contributed by atoms with E-state index >= 15 is 0 Å². The number of carbonyl (C=O) groups is 1. The summed E-state index contributed by atoms with van der Waals surface area (Å²) in [6, 6.07) is 4.84. The van der Waals surface area contributed by atoms with E-state index in [1.807, 2.05) is 6.92 Å². The third kappa shape index (κ3) is 2.71. The van der Waals surface area contributed by atoms with Crippen LogP contribution in [0.3, 0.4) is 0 Å². The Labute approximate surface area is 119 Å². The molecule has 1 heterocycles. The number of hydrogen-bond donors (Lipinski definition) is 0. The highest BCUT2D eigenvalue weighted by Crippen LogP contribution is 2.25. The van der Waals surface area contributed by atoms with Gasteiger partial charge < -0.3 is 0 Å². The molecule has 1 aromatic heterocycles. The van der Waals surface area contributed by atoms with Crippen molar-refractivity contribution < 1.29 is 4.79 Å². The minimum absolute atomic E-state index is 0.166. The van der Waals surface area contributed by atoms with Gasteiger partial charge in [-0.05, 0) is 36.2 Å². The van der Waals surface area contributed by atoms with Gasteiger partial charge in [0.1, 0.15) is 4.88 Å². The fourth-order valence-corrected chi connectivity index (χ4v) is 2.61. The van der Waals surface area contributed by atoms with E-state index in [9.17, 15) is 4.79 Å². The first-order valence-electron chi connectivity index (χ1n) is 5.44. The summed E-state index contributed by atoms with van der Waals surface area (Å²) in [5.74, 6) is -0.166. The van der Waals surface area contributed by atoms with Crippen LogP contribution in [0.25, 0.3) is 0 Å². The Kier molecular flexibility index (Phi) is 4.32. The Hall–Kier alpha value is -0.970. The summed E-state index contributed by atoms with van der Waals surface area (Å²) in [6.07, 6.45) is 1.64. The van der Waals surface area contributed by atoms with Crippen LogP contribution < -0.4 is 0 Å². The molecule has 0 spiro atoms. The van der Waals surface area contributed by atoms with Gasteiger partial charge in [-0.3, -0.25) is 4.79 Å². The molecule has 0 saturated carbocycles. The highest BCUT2D eigenvalue weighted by molar-refractivity contribution is 7.08. The van der Waals surface area contributed by atoms with Crippen molar-refractivity contribution in [3.8, 4) is 0 Å². The molecule has 18 heavy (non-hydrogen) atoms. The predicted octanol–water partition coefficient (Wildman–Crippen LogP) is 4.03. The van der Waals surface area contributed by atoms with Crippen LogP contribution in [0.2, 0.25) is 10.0 Å². The van der Waals surface area contributed by atoms with Crippen molar-refractivity contribution in [3.05, 3.63) is 44.4 Å². The first-order chi connectivity index (χ1) is 8.63. The molecule has 2 aromatic rings. The zero-order valence-electron chi connectivity index (χ0n) is 9.61. The zero-order chi connectivity index (χ0) is 13.1. The number of carbonyl (C=O) groups excluding carboxylic acids is 1. The zero-order valence-corrected chi connectivity index (χ0v) is 11.9. The molecule has 0 aliphatic carbocycles. The molecule has 0 amide bonds. The van der Waals surface area contributed by atoms with Crippen LogP contribution in [0.15, 0.2) is 18.2 Å². The normalized spacial score (nSPS) is 10.6. The van der Waals surface area contributed by atoms with Gasteiger partial charge >= 0.3 is 0 Å². The van der Waals surface area contributed by atoms with E-state index in [1.54, 1.807) is 18.2 Å². The van der Waals surface area contributed by atoms with Crippen molar-refractivity contribution >= 4 is 40.5 Å². The molecule has 94 valence electrons. The summed E-state index contributed by atoms with van der Waals surface area (Å²) in [5, 5.41) is 4.85. The summed E-state index contributed by atoms with van der Waals surface area (Å²) in [6.45, 7) is 2.03. The van der Waals surface area contributed by atoms with Crippen LogP contribution in [-0.2, 0) is 6.42 Å². The van der Waals surface area contributed by atoms with E-state index in [4.69, 9.17) is 23.2 Å². The average molecular weight is 301 g/mol. The third-order valence-electron chi connectivity index (χ3n) is 2.42. The summed E-state index contributed by atoms with van der Waals surface area (Å²) >= 11 is 13.0. The fourth-order valence-electron chi connectivity index (χ4n) is 1.58. The van der Waals surface area contributed by atoms with Crippen molar-refractivity contribution in [2.24, 2.45) is 0 Å². The number of nitrogens with zero attached hydrogens (tertiary/aromatic N) is 2. The number of aryl methyl sites for hydroxylation is 1.